The van der Waals surface area contributed by atoms with Crippen molar-refractivity contribution in [3.8, 4) is 0 Å². The summed E-state index contributed by atoms with van der Waals surface area (Å²) >= 11 is 0. The van der Waals surface area contributed by atoms with Gasteiger partial charge in [0, 0.05) is 0 Å². The molecule has 0 saturated heterocycles. The highest BCUT2D eigenvalue weighted by Gasteiger charge is 1.99. The van der Waals surface area contributed by atoms with E-state index in [1.807, 2.05) is 48.6 Å². The molecule has 0 aliphatic carbocycles. The molecule has 0 unspecified atom stereocenters. The number of furan rings is 2. The molecule has 0 N–H and O–H groups in total. The van der Waals surface area contributed by atoms with Gasteiger partial charge < -0.3 is 8.83 Å². The monoisotopic (exact) mass is 388 g/mol. The SMILES string of the molecule is C1=Cc2ccc(o2)/C=C\c2ccc(cc2)C=Cc2ccc(o2)/C=C\c2ccc1cc2. The Morgan fingerprint density at radius 2 is 0.500 bits per heavy atom. The van der Waals surface area contributed by atoms with Gasteiger partial charge >= 0.3 is 0 Å². The second-order valence-corrected chi connectivity index (χ2v) is 7.15. The molecule has 2 aromatic carbocycles. The molecule has 0 amide bonds. The standard InChI is InChI=1S/C28H20O2/c1-2-22-4-3-21(1)9-13-25-17-18-27(29-25)15-11-23-5-7-24(8-6-23)12-16-28-20-19-26(30-28)14-10-22/h1-20H/b13-9-,14-10?,15-11?,16-12-,21-9?,22-10?,23-11?,24-12?,25-13?,26-14?,27-15?,28-16?. The summed E-state index contributed by atoms with van der Waals surface area (Å²) in [5.74, 6) is 3.31. The Kier molecular flexibility index (Phi) is 4.89. The molecule has 0 radical (unpaired) electrons. The highest BCUT2D eigenvalue weighted by Crippen LogP contribution is 2.19. The van der Waals surface area contributed by atoms with Crippen LogP contribution in [0.4, 0.5) is 0 Å². The second-order valence-electron chi connectivity index (χ2n) is 7.15. The van der Waals surface area contributed by atoms with E-state index in [-0.39, 0.29) is 0 Å². The van der Waals surface area contributed by atoms with Crippen LogP contribution in [0.25, 0.3) is 48.6 Å². The maximum absolute atomic E-state index is 5.88. The molecular weight excluding hydrogens is 368 g/mol. The highest BCUT2D eigenvalue weighted by atomic mass is 16.3. The molecule has 2 nitrogen and oxygen atoms in total. The minimum absolute atomic E-state index is 0.829. The predicted molar refractivity (Wildman–Crippen MR) is 126 cm³/mol. The zero-order valence-corrected chi connectivity index (χ0v) is 16.4. The fourth-order valence-corrected chi connectivity index (χ4v) is 3.24. The molecule has 8 bridgehead atoms. The van der Waals surface area contributed by atoms with Gasteiger partial charge in [0.25, 0.3) is 0 Å². The zero-order valence-electron chi connectivity index (χ0n) is 16.4. The van der Waals surface area contributed by atoms with Crippen molar-refractivity contribution in [2.24, 2.45) is 0 Å². The summed E-state index contributed by atoms with van der Waals surface area (Å²) in [7, 11) is 0. The van der Waals surface area contributed by atoms with Gasteiger partial charge in [-0.05, 0) is 70.8 Å². The molecule has 30 heavy (non-hydrogen) atoms. The lowest BCUT2D eigenvalue weighted by molar-refractivity contribution is 0.547. The van der Waals surface area contributed by atoms with Crippen LogP contribution in [0.5, 0.6) is 0 Å². The van der Waals surface area contributed by atoms with Crippen LogP contribution in [0.1, 0.15) is 45.3 Å². The van der Waals surface area contributed by atoms with Crippen LogP contribution in [-0.4, -0.2) is 0 Å². The Morgan fingerprint density at radius 1 is 0.267 bits per heavy atom. The molecule has 6 heterocycles. The minimum Gasteiger partial charge on any atom is -0.457 e. The van der Waals surface area contributed by atoms with Crippen LogP contribution < -0.4 is 0 Å². The van der Waals surface area contributed by atoms with E-state index in [4.69, 9.17) is 8.83 Å². The van der Waals surface area contributed by atoms with Gasteiger partial charge in [0.1, 0.15) is 23.0 Å². The van der Waals surface area contributed by atoms with Crippen LogP contribution in [0, 0.1) is 0 Å². The molecule has 0 atom stereocenters. The first-order valence-electron chi connectivity index (χ1n) is 9.92. The highest BCUT2D eigenvalue weighted by molar-refractivity contribution is 5.74. The van der Waals surface area contributed by atoms with Crippen molar-refractivity contribution < 1.29 is 8.83 Å². The van der Waals surface area contributed by atoms with Crippen LogP contribution in [0.2, 0.25) is 0 Å². The Balaban J connectivity index is 1.50. The Hall–Kier alpha value is -4.04. The molecule has 0 fully saturated rings. The second kappa shape index (κ2) is 8.14. The van der Waals surface area contributed by atoms with E-state index in [9.17, 15) is 0 Å². The number of hydrogen-bond acceptors (Lipinski definition) is 2. The summed E-state index contributed by atoms with van der Waals surface area (Å²) in [6.45, 7) is 0. The van der Waals surface area contributed by atoms with E-state index in [0.717, 1.165) is 45.3 Å². The van der Waals surface area contributed by atoms with Crippen molar-refractivity contribution in [1.82, 2.24) is 0 Å². The Labute approximate surface area is 175 Å². The molecule has 2 heteroatoms. The van der Waals surface area contributed by atoms with Gasteiger partial charge in [-0.1, -0.05) is 72.8 Å². The average Bonchev–Trinajstić information content (AvgIpc) is 3.44. The van der Waals surface area contributed by atoms with Crippen molar-refractivity contribution in [1.29, 1.82) is 0 Å². The lowest BCUT2D eigenvalue weighted by Gasteiger charge is -1.97. The van der Waals surface area contributed by atoms with E-state index in [0.29, 0.717) is 0 Å². The smallest absolute Gasteiger partial charge is 0.127 e. The lowest BCUT2D eigenvalue weighted by atomic mass is 10.1. The van der Waals surface area contributed by atoms with E-state index < -0.39 is 0 Å². The Morgan fingerprint density at radius 3 is 0.733 bits per heavy atom. The van der Waals surface area contributed by atoms with Crippen LogP contribution >= 0.6 is 0 Å². The summed E-state index contributed by atoms with van der Waals surface area (Å²) in [4.78, 5) is 0. The Bertz CT molecular complexity index is 1060. The van der Waals surface area contributed by atoms with Crippen LogP contribution in [0.3, 0.4) is 0 Å². The van der Waals surface area contributed by atoms with E-state index in [1.54, 1.807) is 0 Å². The summed E-state index contributed by atoms with van der Waals surface area (Å²) < 4.78 is 11.8. The number of benzene rings is 2. The normalized spacial score (nSPS) is 14.9. The predicted octanol–water partition coefficient (Wildman–Crippen LogP) is 7.87. The number of rotatable bonds is 0. The van der Waals surface area contributed by atoms with Crippen molar-refractivity contribution in [2.75, 3.05) is 0 Å². The summed E-state index contributed by atoms with van der Waals surface area (Å²) in [6.07, 6.45) is 16.1. The molecule has 4 aliphatic rings. The first-order chi connectivity index (χ1) is 14.8. The fraction of sp³-hybridized carbons (Fsp3) is 0. The third kappa shape index (κ3) is 4.34. The first kappa shape index (κ1) is 18.0. The molecule has 144 valence electrons. The van der Waals surface area contributed by atoms with Gasteiger partial charge in [-0.3, -0.25) is 0 Å². The number of hydrogen-bond donors (Lipinski definition) is 0. The molecule has 4 aliphatic heterocycles. The maximum atomic E-state index is 5.88. The van der Waals surface area contributed by atoms with E-state index >= 15 is 0 Å². The van der Waals surface area contributed by atoms with Crippen LogP contribution in [0.15, 0.2) is 81.6 Å². The van der Waals surface area contributed by atoms with Gasteiger partial charge in [-0.15, -0.1) is 0 Å². The average molecular weight is 388 g/mol. The zero-order chi connectivity index (χ0) is 20.2. The first-order valence-corrected chi connectivity index (χ1v) is 9.92. The minimum atomic E-state index is 0.829. The molecular formula is C28H20O2. The molecule has 0 saturated carbocycles. The molecule has 0 spiro atoms. The topological polar surface area (TPSA) is 26.3 Å². The van der Waals surface area contributed by atoms with Gasteiger partial charge in [0.05, 0.1) is 0 Å². The van der Waals surface area contributed by atoms with Gasteiger partial charge in [0.2, 0.25) is 0 Å². The van der Waals surface area contributed by atoms with Gasteiger partial charge in [0.15, 0.2) is 0 Å². The third-order valence-electron chi connectivity index (χ3n) is 4.93. The fourth-order valence-electron chi connectivity index (χ4n) is 3.24. The van der Waals surface area contributed by atoms with E-state index in [1.165, 1.54) is 0 Å². The quantitative estimate of drug-likeness (QED) is 0.270. The lowest BCUT2D eigenvalue weighted by Crippen LogP contribution is -1.75. The summed E-state index contributed by atoms with van der Waals surface area (Å²) in [6, 6.07) is 24.6. The van der Waals surface area contributed by atoms with Crippen molar-refractivity contribution in [3.63, 3.8) is 0 Å². The summed E-state index contributed by atoms with van der Waals surface area (Å²) in [5, 5.41) is 0. The summed E-state index contributed by atoms with van der Waals surface area (Å²) in [5.41, 5.74) is 4.48. The van der Waals surface area contributed by atoms with Crippen molar-refractivity contribution in [2.45, 2.75) is 0 Å². The van der Waals surface area contributed by atoms with Gasteiger partial charge in [-0.25, -0.2) is 0 Å². The van der Waals surface area contributed by atoms with Gasteiger partial charge in [-0.2, -0.15) is 0 Å². The largest absolute Gasteiger partial charge is 0.457 e. The van der Waals surface area contributed by atoms with Crippen LogP contribution in [-0.2, 0) is 0 Å². The molecule has 2 aromatic heterocycles. The van der Waals surface area contributed by atoms with E-state index in [2.05, 4.69) is 72.8 Å². The molecule has 4 aromatic rings. The maximum Gasteiger partial charge on any atom is 0.127 e. The third-order valence-corrected chi connectivity index (χ3v) is 4.93. The molecule has 8 rings (SSSR count). The van der Waals surface area contributed by atoms with Crippen molar-refractivity contribution >= 4 is 48.6 Å². The van der Waals surface area contributed by atoms with Crippen molar-refractivity contribution in [3.05, 3.63) is 118 Å².